The first kappa shape index (κ1) is 23.4. The van der Waals surface area contributed by atoms with Crippen molar-refractivity contribution >= 4 is 18.0 Å². The fraction of sp³-hybridized carbons (Fsp3) is 0.444. The van der Waals surface area contributed by atoms with E-state index in [1.165, 1.54) is 4.90 Å². The Morgan fingerprint density at radius 2 is 1.71 bits per heavy atom. The number of carbonyl (C=O) groups is 3. The number of nitrogens with one attached hydrogen (secondary N) is 1. The fourth-order valence-electron chi connectivity index (χ4n) is 5.58. The number of fused-ring (bicyclic) bond motifs is 3. The van der Waals surface area contributed by atoms with Gasteiger partial charge in [0.15, 0.2) is 6.10 Å². The first-order valence-corrected chi connectivity index (χ1v) is 12.2. The predicted octanol–water partition coefficient (Wildman–Crippen LogP) is 3.39. The number of hydrogen-bond donors (Lipinski definition) is 2. The number of aliphatic carboxylic acids is 1. The largest absolute Gasteiger partial charge is 0.480 e. The van der Waals surface area contributed by atoms with Crippen LogP contribution in [0.5, 0.6) is 0 Å². The molecule has 2 heterocycles. The smallest absolute Gasteiger partial charge is 0.407 e. The number of carbonyl (C=O) groups excluding carboxylic acids is 2. The highest BCUT2D eigenvalue weighted by Gasteiger charge is 2.43. The number of piperidine rings is 1. The molecule has 2 aromatic rings. The van der Waals surface area contributed by atoms with E-state index in [0.717, 1.165) is 28.7 Å². The summed E-state index contributed by atoms with van der Waals surface area (Å²) >= 11 is 0. The third-order valence-electron chi connectivity index (χ3n) is 7.41. The molecule has 2 aliphatic heterocycles. The Morgan fingerprint density at radius 3 is 2.37 bits per heavy atom. The molecule has 184 valence electrons. The van der Waals surface area contributed by atoms with Crippen LogP contribution in [0.3, 0.4) is 0 Å². The van der Waals surface area contributed by atoms with Crippen LogP contribution in [-0.2, 0) is 19.1 Å². The van der Waals surface area contributed by atoms with E-state index in [1.807, 2.05) is 31.2 Å². The van der Waals surface area contributed by atoms with Crippen molar-refractivity contribution in [2.24, 2.45) is 5.92 Å². The van der Waals surface area contributed by atoms with Crippen LogP contribution >= 0.6 is 0 Å². The summed E-state index contributed by atoms with van der Waals surface area (Å²) in [6.07, 6.45) is 0.0982. The monoisotopic (exact) mass is 478 g/mol. The molecule has 5 rings (SSSR count). The van der Waals surface area contributed by atoms with E-state index in [1.54, 1.807) is 0 Å². The van der Waals surface area contributed by atoms with Crippen LogP contribution in [0.15, 0.2) is 48.5 Å². The van der Waals surface area contributed by atoms with Gasteiger partial charge in [-0.3, -0.25) is 4.79 Å². The van der Waals surface area contributed by atoms with Gasteiger partial charge >= 0.3 is 12.1 Å². The molecule has 2 N–H and O–H groups in total. The SMILES string of the molecule is CC1CCN(C(=O)[C@H]2OCC[C@H]2NC(=O)OCC2c3ccccc3-c3ccccc32)C(C(=O)O)C1. The summed E-state index contributed by atoms with van der Waals surface area (Å²) in [5, 5.41) is 12.4. The highest BCUT2D eigenvalue weighted by molar-refractivity contribution is 5.88. The number of ether oxygens (including phenoxy) is 2. The van der Waals surface area contributed by atoms with E-state index in [2.05, 4.69) is 29.6 Å². The predicted molar refractivity (Wildman–Crippen MR) is 128 cm³/mol. The molecule has 2 amide bonds. The molecule has 0 bridgehead atoms. The number of nitrogens with zero attached hydrogens (tertiary/aromatic N) is 1. The summed E-state index contributed by atoms with van der Waals surface area (Å²) in [6.45, 7) is 2.85. The second kappa shape index (κ2) is 9.70. The van der Waals surface area contributed by atoms with Crippen LogP contribution in [-0.4, -0.2) is 65.9 Å². The zero-order chi connectivity index (χ0) is 24.5. The second-order valence-electron chi connectivity index (χ2n) is 9.67. The minimum absolute atomic E-state index is 0.0583. The average Bonchev–Trinajstić information content (AvgIpc) is 3.44. The van der Waals surface area contributed by atoms with Crippen LogP contribution in [0.1, 0.15) is 43.2 Å². The summed E-state index contributed by atoms with van der Waals surface area (Å²) < 4.78 is 11.3. The van der Waals surface area contributed by atoms with E-state index in [0.29, 0.717) is 26.0 Å². The van der Waals surface area contributed by atoms with E-state index >= 15 is 0 Å². The van der Waals surface area contributed by atoms with Gasteiger partial charge in [-0.05, 0) is 47.4 Å². The molecular formula is C27H30N2O6. The van der Waals surface area contributed by atoms with Crippen LogP contribution in [0, 0.1) is 5.92 Å². The quantitative estimate of drug-likeness (QED) is 0.683. The number of amides is 2. The molecule has 2 unspecified atom stereocenters. The number of hydrogen-bond acceptors (Lipinski definition) is 5. The number of carboxylic acid groups (broad SMARTS) is 1. The van der Waals surface area contributed by atoms with Gasteiger partial charge in [-0.25, -0.2) is 9.59 Å². The average molecular weight is 479 g/mol. The van der Waals surface area contributed by atoms with Crippen LogP contribution < -0.4 is 5.32 Å². The van der Waals surface area contributed by atoms with Crippen LogP contribution in [0.4, 0.5) is 4.79 Å². The van der Waals surface area contributed by atoms with Gasteiger partial charge in [0.05, 0.1) is 6.04 Å². The molecule has 35 heavy (non-hydrogen) atoms. The van der Waals surface area contributed by atoms with E-state index in [4.69, 9.17) is 9.47 Å². The lowest BCUT2D eigenvalue weighted by Crippen LogP contribution is -2.56. The van der Waals surface area contributed by atoms with Crippen molar-refractivity contribution in [1.29, 1.82) is 0 Å². The van der Waals surface area contributed by atoms with Crippen molar-refractivity contribution in [3.8, 4) is 11.1 Å². The van der Waals surface area contributed by atoms with Gasteiger partial charge in [-0.15, -0.1) is 0 Å². The lowest BCUT2D eigenvalue weighted by molar-refractivity contribution is -0.158. The maximum absolute atomic E-state index is 13.2. The van der Waals surface area contributed by atoms with Crippen molar-refractivity contribution in [3.05, 3.63) is 59.7 Å². The van der Waals surface area contributed by atoms with Crippen molar-refractivity contribution < 1.29 is 29.0 Å². The highest BCUT2D eigenvalue weighted by atomic mass is 16.6. The third kappa shape index (κ3) is 4.50. The zero-order valence-electron chi connectivity index (χ0n) is 19.7. The minimum Gasteiger partial charge on any atom is -0.480 e. The van der Waals surface area contributed by atoms with Gasteiger partial charge in [0, 0.05) is 19.1 Å². The molecule has 0 radical (unpaired) electrons. The van der Waals surface area contributed by atoms with Crippen molar-refractivity contribution in [2.75, 3.05) is 19.8 Å². The van der Waals surface area contributed by atoms with Crippen LogP contribution in [0.2, 0.25) is 0 Å². The van der Waals surface area contributed by atoms with Crippen molar-refractivity contribution in [1.82, 2.24) is 10.2 Å². The molecule has 0 saturated carbocycles. The Hall–Kier alpha value is -3.39. The number of benzene rings is 2. The topological polar surface area (TPSA) is 105 Å². The van der Waals surface area contributed by atoms with Gasteiger partial charge in [0.2, 0.25) is 0 Å². The molecule has 2 saturated heterocycles. The number of likely N-dealkylation sites (tertiary alicyclic amines) is 1. The molecule has 1 aliphatic carbocycles. The molecule has 2 aromatic carbocycles. The standard InChI is InChI=1S/C27H30N2O6/c1-16-10-12-29(23(14-16)26(31)32)25(30)24-22(11-13-34-24)28-27(33)35-15-21-19-8-4-2-6-17(19)18-7-3-5-9-20(18)21/h2-9,16,21-24H,10-15H2,1H3,(H,28,33)(H,31,32)/t16?,22-,23?,24+/m1/s1. The summed E-state index contributed by atoms with van der Waals surface area (Å²) in [6, 6.07) is 14.8. The summed E-state index contributed by atoms with van der Waals surface area (Å²) in [4.78, 5) is 39.1. The zero-order valence-corrected chi connectivity index (χ0v) is 19.7. The van der Waals surface area contributed by atoms with Gasteiger partial charge in [-0.2, -0.15) is 0 Å². The molecule has 8 nitrogen and oxygen atoms in total. The first-order valence-electron chi connectivity index (χ1n) is 12.2. The molecule has 2 fully saturated rings. The third-order valence-corrected chi connectivity index (χ3v) is 7.41. The number of alkyl carbamates (subject to hydrolysis) is 1. The normalized spacial score (nSPS) is 25.6. The van der Waals surface area contributed by atoms with Crippen molar-refractivity contribution in [3.63, 3.8) is 0 Å². The number of rotatable bonds is 5. The van der Waals surface area contributed by atoms with Crippen LogP contribution in [0.25, 0.3) is 11.1 Å². The Labute approximate surface area is 204 Å². The Kier molecular flexibility index (Phi) is 6.47. The molecule has 0 aromatic heterocycles. The van der Waals surface area contributed by atoms with Gasteiger partial charge in [0.25, 0.3) is 5.91 Å². The summed E-state index contributed by atoms with van der Waals surface area (Å²) in [5.74, 6) is -1.22. The molecule has 0 spiro atoms. The Balaban J connectivity index is 1.23. The second-order valence-corrected chi connectivity index (χ2v) is 9.67. The van der Waals surface area contributed by atoms with Gasteiger partial charge < -0.3 is 24.8 Å². The summed E-state index contributed by atoms with van der Waals surface area (Å²) in [5.41, 5.74) is 4.54. The lowest BCUT2D eigenvalue weighted by Gasteiger charge is -2.37. The fourth-order valence-corrected chi connectivity index (χ4v) is 5.58. The molecule has 4 atom stereocenters. The Morgan fingerprint density at radius 1 is 1.06 bits per heavy atom. The molecule has 3 aliphatic rings. The molecular weight excluding hydrogens is 448 g/mol. The van der Waals surface area contributed by atoms with E-state index < -0.39 is 30.3 Å². The minimum atomic E-state index is -1.01. The lowest BCUT2D eigenvalue weighted by atomic mass is 9.91. The van der Waals surface area contributed by atoms with E-state index in [-0.39, 0.29) is 24.3 Å². The summed E-state index contributed by atoms with van der Waals surface area (Å²) in [7, 11) is 0. The maximum atomic E-state index is 13.2. The van der Waals surface area contributed by atoms with Crippen molar-refractivity contribution in [2.45, 2.75) is 50.3 Å². The highest BCUT2D eigenvalue weighted by Crippen LogP contribution is 2.44. The number of carboxylic acids is 1. The maximum Gasteiger partial charge on any atom is 0.407 e. The van der Waals surface area contributed by atoms with Gasteiger partial charge in [-0.1, -0.05) is 55.5 Å². The van der Waals surface area contributed by atoms with E-state index in [9.17, 15) is 19.5 Å². The van der Waals surface area contributed by atoms with Gasteiger partial charge in [0.1, 0.15) is 12.6 Å². The Bertz CT molecular complexity index is 1090. The molecule has 8 heteroatoms. The first-order chi connectivity index (χ1) is 16.9.